The van der Waals surface area contributed by atoms with E-state index in [2.05, 4.69) is 0 Å². The molecule has 1 N–H and O–H groups in total. The number of aromatic carboxylic acids is 1. The Labute approximate surface area is 96.1 Å². The summed E-state index contributed by atoms with van der Waals surface area (Å²) in [6.45, 7) is 0. The first-order chi connectivity index (χ1) is 7.68. The average Bonchev–Trinajstić information content (AvgIpc) is 2.86. The molecule has 1 aliphatic carbocycles. The van der Waals surface area contributed by atoms with Gasteiger partial charge >= 0.3 is 5.97 Å². The monoisotopic (exact) mass is 242 g/mol. The number of carbonyl (C=O) groups is 1. The van der Waals surface area contributed by atoms with Crippen LogP contribution in [0.5, 0.6) is 0 Å². The zero-order valence-electron chi connectivity index (χ0n) is 8.85. The summed E-state index contributed by atoms with van der Waals surface area (Å²) in [6, 6.07) is 1.59. The second kappa shape index (κ2) is 4.82. The fraction of sp³-hybridized carbons (Fsp3) is 0.545. The Balaban J connectivity index is 2.05. The van der Waals surface area contributed by atoms with E-state index in [0.717, 1.165) is 25.7 Å². The van der Waals surface area contributed by atoms with Crippen molar-refractivity contribution in [2.45, 2.75) is 36.7 Å². The van der Waals surface area contributed by atoms with E-state index in [0.29, 0.717) is 11.3 Å². The van der Waals surface area contributed by atoms with Gasteiger partial charge in [0.1, 0.15) is 0 Å². The molecule has 0 aliphatic heterocycles. The molecule has 16 heavy (non-hydrogen) atoms. The van der Waals surface area contributed by atoms with Gasteiger partial charge < -0.3 is 9.52 Å². The Morgan fingerprint density at radius 1 is 1.50 bits per heavy atom. The van der Waals surface area contributed by atoms with Gasteiger partial charge in [-0.2, -0.15) is 0 Å². The second-order valence-electron chi connectivity index (χ2n) is 4.01. The van der Waals surface area contributed by atoms with Crippen LogP contribution < -0.4 is 0 Å². The molecule has 0 amide bonds. The first-order valence-electron chi connectivity index (χ1n) is 5.35. The molecule has 0 bridgehead atoms. The Kier molecular flexibility index (Phi) is 3.43. The van der Waals surface area contributed by atoms with Crippen molar-refractivity contribution < 1.29 is 18.5 Å². The van der Waals surface area contributed by atoms with Gasteiger partial charge in [0.05, 0.1) is 12.0 Å². The highest BCUT2D eigenvalue weighted by Crippen LogP contribution is 2.25. The van der Waals surface area contributed by atoms with Crippen molar-refractivity contribution in [1.29, 1.82) is 0 Å². The molecule has 1 aliphatic rings. The number of rotatable bonds is 4. The van der Waals surface area contributed by atoms with Crippen molar-refractivity contribution in [2.24, 2.45) is 0 Å². The Morgan fingerprint density at radius 3 is 2.81 bits per heavy atom. The summed E-state index contributed by atoms with van der Waals surface area (Å²) in [7, 11) is -0.975. The van der Waals surface area contributed by atoms with Crippen LogP contribution in [0.15, 0.2) is 16.7 Å². The summed E-state index contributed by atoms with van der Waals surface area (Å²) in [5, 5.41) is 9.07. The number of carboxylic acids is 1. The normalized spacial score (nSPS) is 18.8. The van der Waals surface area contributed by atoms with E-state index in [1.807, 2.05) is 0 Å². The van der Waals surface area contributed by atoms with E-state index in [1.165, 1.54) is 6.26 Å². The van der Waals surface area contributed by atoms with Crippen LogP contribution >= 0.6 is 0 Å². The quantitative estimate of drug-likeness (QED) is 0.878. The van der Waals surface area contributed by atoms with Crippen molar-refractivity contribution in [2.75, 3.05) is 0 Å². The average molecular weight is 242 g/mol. The fourth-order valence-corrected chi connectivity index (χ4v) is 3.69. The maximum absolute atomic E-state index is 12.0. The van der Waals surface area contributed by atoms with Crippen LogP contribution in [0.1, 0.15) is 41.8 Å². The predicted octanol–water partition coefficient (Wildman–Crippen LogP) is 2.17. The van der Waals surface area contributed by atoms with Gasteiger partial charge in [0.2, 0.25) is 5.76 Å². The van der Waals surface area contributed by atoms with Crippen molar-refractivity contribution in [3.63, 3.8) is 0 Å². The molecule has 0 radical (unpaired) electrons. The third kappa shape index (κ3) is 2.35. The molecule has 1 heterocycles. The van der Waals surface area contributed by atoms with Crippen LogP contribution in [0.25, 0.3) is 0 Å². The molecule has 5 heteroatoms. The van der Waals surface area contributed by atoms with E-state index in [4.69, 9.17) is 9.52 Å². The zero-order chi connectivity index (χ0) is 11.5. The van der Waals surface area contributed by atoms with Crippen molar-refractivity contribution in [1.82, 2.24) is 0 Å². The Bertz CT molecular complexity index is 404. The molecule has 1 unspecified atom stereocenters. The third-order valence-electron chi connectivity index (χ3n) is 2.91. The molecule has 2 rings (SSSR count). The lowest BCUT2D eigenvalue weighted by Crippen LogP contribution is -2.13. The molecular weight excluding hydrogens is 228 g/mol. The van der Waals surface area contributed by atoms with Crippen molar-refractivity contribution in [3.8, 4) is 0 Å². The maximum Gasteiger partial charge on any atom is 0.372 e. The first kappa shape index (κ1) is 11.4. The lowest BCUT2D eigenvalue weighted by atomic mass is 10.3. The molecule has 0 aromatic carbocycles. The number of hydrogen-bond acceptors (Lipinski definition) is 3. The molecule has 88 valence electrons. The standard InChI is InChI=1S/C11H14O4S/c12-11(13)10-8(5-6-15-10)7-16(14)9-3-1-2-4-9/h5-6,9H,1-4,7H2,(H,12,13). The van der Waals surface area contributed by atoms with E-state index in [1.54, 1.807) is 6.07 Å². The molecule has 0 spiro atoms. The van der Waals surface area contributed by atoms with E-state index < -0.39 is 16.8 Å². The number of furan rings is 1. The molecule has 1 aromatic heterocycles. The second-order valence-corrected chi connectivity index (χ2v) is 5.73. The lowest BCUT2D eigenvalue weighted by Gasteiger charge is -2.07. The van der Waals surface area contributed by atoms with Gasteiger partial charge in [0.15, 0.2) is 0 Å². The van der Waals surface area contributed by atoms with Crippen LogP contribution in [-0.4, -0.2) is 20.5 Å². The van der Waals surface area contributed by atoms with Crippen molar-refractivity contribution >= 4 is 16.8 Å². The molecule has 1 saturated carbocycles. The van der Waals surface area contributed by atoms with Gasteiger partial charge in [-0.25, -0.2) is 4.79 Å². The lowest BCUT2D eigenvalue weighted by molar-refractivity contribution is 0.0661. The summed E-state index contributed by atoms with van der Waals surface area (Å²) in [5.74, 6) is -0.877. The van der Waals surface area contributed by atoms with Gasteiger partial charge in [-0.15, -0.1) is 0 Å². The summed E-state index contributed by atoms with van der Waals surface area (Å²) >= 11 is 0. The van der Waals surface area contributed by atoms with Gasteiger partial charge in [0, 0.05) is 21.6 Å². The van der Waals surface area contributed by atoms with Gasteiger partial charge in [-0.1, -0.05) is 12.8 Å². The van der Waals surface area contributed by atoms with Gasteiger partial charge in [-0.3, -0.25) is 4.21 Å². The molecule has 1 aromatic rings. The van der Waals surface area contributed by atoms with E-state index >= 15 is 0 Å². The third-order valence-corrected chi connectivity index (χ3v) is 4.72. The molecule has 4 nitrogen and oxygen atoms in total. The van der Waals surface area contributed by atoms with Gasteiger partial charge in [-0.05, 0) is 18.9 Å². The van der Waals surface area contributed by atoms with Crippen LogP contribution in [0.2, 0.25) is 0 Å². The maximum atomic E-state index is 12.0. The van der Waals surface area contributed by atoms with Crippen LogP contribution in [0.4, 0.5) is 0 Å². The van der Waals surface area contributed by atoms with Crippen LogP contribution in [0, 0.1) is 0 Å². The van der Waals surface area contributed by atoms with Crippen molar-refractivity contribution in [3.05, 3.63) is 23.7 Å². The minimum atomic E-state index is -1.09. The summed E-state index contributed by atoms with van der Waals surface area (Å²) in [6.07, 6.45) is 5.59. The molecular formula is C11H14O4S. The summed E-state index contributed by atoms with van der Waals surface area (Å²) < 4.78 is 16.8. The minimum Gasteiger partial charge on any atom is -0.475 e. The Morgan fingerprint density at radius 2 is 2.19 bits per heavy atom. The highest BCUT2D eigenvalue weighted by molar-refractivity contribution is 7.84. The number of carboxylic acid groups (broad SMARTS) is 1. The first-order valence-corrected chi connectivity index (χ1v) is 6.73. The zero-order valence-corrected chi connectivity index (χ0v) is 9.66. The van der Waals surface area contributed by atoms with E-state index in [-0.39, 0.29) is 11.0 Å². The molecule has 1 atom stereocenters. The van der Waals surface area contributed by atoms with Crippen LogP contribution in [-0.2, 0) is 16.6 Å². The largest absolute Gasteiger partial charge is 0.475 e. The Hall–Kier alpha value is -1.10. The summed E-state index contributed by atoms with van der Waals surface area (Å²) in [4.78, 5) is 10.8. The van der Waals surface area contributed by atoms with Crippen LogP contribution in [0.3, 0.4) is 0 Å². The smallest absolute Gasteiger partial charge is 0.372 e. The highest BCUT2D eigenvalue weighted by Gasteiger charge is 2.24. The topological polar surface area (TPSA) is 67.5 Å². The number of hydrogen-bond donors (Lipinski definition) is 1. The minimum absolute atomic E-state index is 0.0775. The molecule has 1 fully saturated rings. The fourth-order valence-electron chi connectivity index (χ4n) is 2.06. The summed E-state index contributed by atoms with van der Waals surface area (Å²) in [5.41, 5.74) is 0.540. The SMILES string of the molecule is O=C(O)c1occc1CS(=O)C1CCCC1. The molecule has 0 saturated heterocycles. The van der Waals surface area contributed by atoms with Gasteiger partial charge in [0.25, 0.3) is 0 Å². The predicted molar refractivity (Wildman–Crippen MR) is 59.8 cm³/mol. The highest BCUT2D eigenvalue weighted by atomic mass is 32.2. The van der Waals surface area contributed by atoms with E-state index in [9.17, 15) is 9.00 Å².